The monoisotopic (exact) mass is 188 g/mol. The highest BCUT2D eigenvalue weighted by atomic mass is 19.4. The van der Waals surface area contributed by atoms with Gasteiger partial charge >= 0.3 is 6.18 Å². The summed E-state index contributed by atoms with van der Waals surface area (Å²) < 4.78 is 36.0. The number of nitrogens with one attached hydrogen (secondary N) is 1. The second-order valence-electron chi connectivity index (χ2n) is 2.24. The maximum atomic E-state index is 12.0. The Hall–Kier alpha value is -1.68. The molecule has 0 spiro atoms. The Morgan fingerprint density at radius 1 is 1.15 bits per heavy atom. The third kappa shape index (κ3) is 2.38. The summed E-state index contributed by atoms with van der Waals surface area (Å²) in [5.41, 5.74) is 5.84. The third-order valence-corrected chi connectivity index (χ3v) is 1.36. The molecule has 0 unspecified atom stereocenters. The van der Waals surface area contributed by atoms with Crippen molar-refractivity contribution in [2.24, 2.45) is 5.11 Å². The summed E-state index contributed by atoms with van der Waals surface area (Å²) >= 11 is 0. The van der Waals surface area contributed by atoms with Crippen molar-refractivity contribution in [1.29, 1.82) is 5.53 Å². The summed E-state index contributed by atoms with van der Waals surface area (Å²) in [5, 5.41) is 3.25. The van der Waals surface area contributed by atoms with E-state index in [4.69, 9.17) is 5.53 Å². The van der Waals surface area contributed by atoms with E-state index in [-0.39, 0.29) is 5.69 Å². The first-order chi connectivity index (χ1) is 6.04. The van der Waals surface area contributed by atoms with Crippen molar-refractivity contribution in [3.63, 3.8) is 0 Å². The second kappa shape index (κ2) is 3.37. The van der Waals surface area contributed by atoms with Gasteiger partial charge in [-0.25, -0.2) is 0 Å². The predicted octanol–water partition coefficient (Wildman–Crippen LogP) is 2.89. The minimum atomic E-state index is -4.34. The van der Waals surface area contributed by atoms with Gasteiger partial charge in [-0.1, -0.05) is 0 Å². The molecule has 0 radical (unpaired) electrons. The lowest BCUT2D eigenvalue weighted by atomic mass is 10.2. The number of benzene rings is 1. The smallest absolute Gasteiger partial charge is 0.166 e. The van der Waals surface area contributed by atoms with Crippen LogP contribution in [0.25, 0.3) is 0 Å². The molecule has 0 aliphatic rings. The lowest BCUT2D eigenvalue weighted by molar-refractivity contribution is -0.137. The van der Waals surface area contributed by atoms with Crippen molar-refractivity contribution in [3.05, 3.63) is 29.8 Å². The van der Waals surface area contributed by atoms with Crippen molar-refractivity contribution in [2.75, 3.05) is 0 Å². The maximum Gasteiger partial charge on any atom is 0.416 e. The number of halogens is 3. The number of alkyl halides is 3. The van der Waals surface area contributed by atoms with E-state index in [1.165, 1.54) is 0 Å². The van der Waals surface area contributed by atoms with Crippen molar-refractivity contribution in [1.82, 2.24) is 4.91 Å². The van der Waals surface area contributed by atoms with Gasteiger partial charge in [0.15, 0.2) is 10.8 Å². The Morgan fingerprint density at radius 2 is 1.69 bits per heavy atom. The SMILES string of the molecule is N=[N+]=Nc1ccc(C(F)(F)F)cc1. The highest BCUT2D eigenvalue weighted by molar-refractivity contribution is 5.38. The lowest BCUT2D eigenvalue weighted by Gasteiger charge is -2.04. The molecule has 0 amide bonds. The van der Waals surface area contributed by atoms with E-state index < -0.39 is 11.7 Å². The molecule has 6 heteroatoms. The number of nitrogens with zero attached hydrogens (tertiary/aromatic N) is 2. The van der Waals surface area contributed by atoms with Gasteiger partial charge in [-0.05, 0) is 24.3 Å². The normalized spacial score (nSPS) is 10.7. The van der Waals surface area contributed by atoms with E-state index in [1.54, 1.807) is 0 Å². The van der Waals surface area contributed by atoms with Crippen molar-refractivity contribution >= 4 is 5.69 Å². The van der Waals surface area contributed by atoms with Gasteiger partial charge in [0, 0.05) is 0 Å². The summed E-state index contributed by atoms with van der Waals surface area (Å²) in [6.45, 7) is 0. The van der Waals surface area contributed by atoms with E-state index in [2.05, 4.69) is 10.0 Å². The van der Waals surface area contributed by atoms with Crippen molar-refractivity contribution in [2.45, 2.75) is 6.18 Å². The van der Waals surface area contributed by atoms with Crippen molar-refractivity contribution in [3.8, 4) is 0 Å². The van der Waals surface area contributed by atoms with Crippen LogP contribution in [0.5, 0.6) is 0 Å². The lowest BCUT2D eigenvalue weighted by Crippen LogP contribution is -2.03. The highest BCUT2D eigenvalue weighted by Crippen LogP contribution is 2.30. The molecule has 0 saturated heterocycles. The number of rotatable bonds is 1. The Morgan fingerprint density at radius 3 is 2.08 bits per heavy atom. The van der Waals surface area contributed by atoms with Crippen LogP contribution in [-0.4, -0.2) is 0 Å². The zero-order valence-electron chi connectivity index (χ0n) is 6.34. The van der Waals surface area contributed by atoms with Crippen LogP contribution < -0.4 is 4.91 Å². The molecule has 0 bridgehead atoms. The molecule has 68 valence electrons. The van der Waals surface area contributed by atoms with Gasteiger partial charge in [-0.15, -0.1) is 0 Å². The van der Waals surface area contributed by atoms with Gasteiger partial charge in [-0.2, -0.15) is 13.2 Å². The van der Waals surface area contributed by atoms with E-state index >= 15 is 0 Å². The molecule has 0 saturated carbocycles. The van der Waals surface area contributed by atoms with E-state index in [9.17, 15) is 13.2 Å². The molecule has 1 N–H and O–H groups in total. The minimum Gasteiger partial charge on any atom is -0.166 e. The minimum absolute atomic E-state index is 0.225. The average molecular weight is 188 g/mol. The molecular formula is C7H5F3N3+. The van der Waals surface area contributed by atoms with Crippen LogP contribution in [0.15, 0.2) is 29.4 Å². The Kier molecular flexibility index (Phi) is 2.44. The maximum absolute atomic E-state index is 12.0. The van der Waals surface area contributed by atoms with Gasteiger partial charge in [0.05, 0.1) is 5.56 Å². The molecule has 1 aromatic rings. The summed E-state index contributed by atoms with van der Waals surface area (Å²) in [4.78, 5) is 2.69. The quantitative estimate of drug-likeness (QED) is 0.520. The zero-order valence-corrected chi connectivity index (χ0v) is 6.34. The summed E-state index contributed by atoms with van der Waals surface area (Å²) in [5.74, 6) is 0. The summed E-state index contributed by atoms with van der Waals surface area (Å²) in [7, 11) is 0. The van der Waals surface area contributed by atoms with E-state index in [0.717, 1.165) is 24.3 Å². The fraction of sp³-hybridized carbons (Fsp3) is 0.143. The molecule has 0 heterocycles. The first kappa shape index (κ1) is 9.41. The Balaban J connectivity index is 3.00. The van der Waals surface area contributed by atoms with E-state index in [1.807, 2.05) is 0 Å². The van der Waals surface area contributed by atoms with Gasteiger partial charge in [0.2, 0.25) is 4.91 Å². The topological polar surface area (TPSA) is 50.3 Å². The molecule has 0 aliphatic heterocycles. The fourth-order valence-corrected chi connectivity index (χ4v) is 0.775. The third-order valence-electron chi connectivity index (χ3n) is 1.36. The van der Waals surface area contributed by atoms with Crippen LogP contribution in [0.2, 0.25) is 0 Å². The van der Waals surface area contributed by atoms with Crippen molar-refractivity contribution < 1.29 is 13.2 Å². The Labute approximate surface area is 71.4 Å². The van der Waals surface area contributed by atoms with Crippen LogP contribution in [-0.2, 0) is 6.18 Å². The molecule has 3 nitrogen and oxygen atoms in total. The van der Waals surface area contributed by atoms with Crippen LogP contribution in [0, 0.1) is 5.53 Å². The molecule has 0 atom stereocenters. The molecule has 13 heavy (non-hydrogen) atoms. The van der Waals surface area contributed by atoms with Gasteiger partial charge in [0.25, 0.3) is 0 Å². The largest absolute Gasteiger partial charge is 0.416 e. The van der Waals surface area contributed by atoms with Gasteiger partial charge in [0.1, 0.15) is 5.53 Å². The number of hydrogen-bond donors (Lipinski definition) is 1. The Bertz CT molecular complexity index is 335. The highest BCUT2D eigenvalue weighted by Gasteiger charge is 2.30. The standard InChI is InChI=1S/C7H5F3N3/c8-7(9,10)5-1-3-6(4-2-5)12-13-11/h1-4,11H/q+1. The van der Waals surface area contributed by atoms with E-state index in [0.29, 0.717) is 0 Å². The van der Waals surface area contributed by atoms with Gasteiger partial charge < -0.3 is 0 Å². The first-order valence-electron chi connectivity index (χ1n) is 3.29. The average Bonchev–Trinajstić information content (AvgIpc) is 2.04. The summed E-state index contributed by atoms with van der Waals surface area (Å²) in [6.07, 6.45) is -4.34. The van der Waals surface area contributed by atoms with Crippen LogP contribution in [0.3, 0.4) is 0 Å². The fourth-order valence-electron chi connectivity index (χ4n) is 0.775. The van der Waals surface area contributed by atoms with Crippen LogP contribution in [0.1, 0.15) is 5.56 Å². The molecule has 1 rings (SSSR count). The molecule has 0 fully saturated rings. The molecule has 0 aliphatic carbocycles. The number of hydrogen-bond acceptors (Lipinski definition) is 2. The summed E-state index contributed by atoms with van der Waals surface area (Å²) in [6, 6.07) is 4.09. The van der Waals surface area contributed by atoms with Gasteiger partial charge in [-0.3, -0.25) is 0 Å². The molecule has 0 aromatic heterocycles. The van der Waals surface area contributed by atoms with Crippen LogP contribution in [0.4, 0.5) is 18.9 Å². The van der Waals surface area contributed by atoms with Crippen LogP contribution >= 0.6 is 0 Å². The first-order valence-corrected chi connectivity index (χ1v) is 3.29. The zero-order chi connectivity index (χ0) is 9.90. The molecule has 1 aromatic carbocycles. The second-order valence-corrected chi connectivity index (χ2v) is 2.24. The predicted molar refractivity (Wildman–Crippen MR) is 38.4 cm³/mol. The molecular weight excluding hydrogens is 183 g/mol.